The predicted molar refractivity (Wildman–Crippen MR) is 73.1 cm³/mol. The van der Waals surface area contributed by atoms with Gasteiger partial charge in [0.25, 0.3) is 0 Å². The Labute approximate surface area is 107 Å². The van der Waals surface area contributed by atoms with Crippen molar-refractivity contribution >= 4 is 16.9 Å². The summed E-state index contributed by atoms with van der Waals surface area (Å²) in [5, 5.41) is 10.0. The van der Waals surface area contributed by atoms with Crippen molar-refractivity contribution in [3.05, 3.63) is 35.0 Å². The molecule has 96 valence electrons. The van der Waals surface area contributed by atoms with Crippen molar-refractivity contribution in [3.63, 3.8) is 0 Å². The number of carboxylic acids is 1. The fraction of sp³-hybridized carbons (Fsp3) is 0.400. The molecule has 0 saturated carbocycles. The van der Waals surface area contributed by atoms with Gasteiger partial charge >= 0.3 is 5.97 Å². The van der Waals surface area contributed by atoms with Crippen LogP contribution < -0.4 is 0 Å². The van der Waals surface area contributed by atoms with Gasteiger partial charge in [-0.2, -0.15) is 0 Å². The lowest BCUT2D eigenvalue weighted by Gasteiger charge is -2.09. The summed E-state index contributed by atoms with van der Waals surface area (Å²) in [6.07, 6.45) is 1.17. The number of carboxylic acid groups (broad SMARTS) is 1. The molecular weight excluding hydrogens is 226 g/mol. The first-order valence-electron chi connectivity index (χ1n) is 6.35. The van der Waals surface area contributed by atoms with Gasteiger partial charge in [-0.05, 0) is 42.5 Å². The molecule has 0 fully saturated rings. The van der Waals surface area contributed by atoms with Gasteiger partial charge in [0.1, 0.15) is 0 Å². The minimum atomic E-state index is -0.784. The number of carbonyl (C=O) groups is 1. The molecule has 3 nitrogen and oxygen atoms in total. The highest BCUT2D eigenvalue weighted by atomic mass is 16.4. The Morgan fingerprint density at radius 1 is 1.44 bits per heavy atom. The van der Waals surface area contributed by atoms with Gasteiger partial charge in [-0.1, -0.05) is 19.9 Å². The molecule has 0 aliphatic heterocycles. The summed E-state index contributed by atoms with van der Waals surface area (Å²) in [4.78, 5) is 14.2. The summed E-state index contributed by atoms with van der Waals surface area (Å²) >= 11 is 0. The SMILES string of the molecule is CCC(C)c1ccc2[nH]c(C)c(CC(=O)O)c2c1. The zero-order chi connectivity index (χ0) is 13.3. The number of nitrogens with one attached hydrogen (secondary N) is 1. The highest BCUT2D eigenvalue weighted by Gasteiger charge is 2.13. The number of fused-ring (bicyclic) bond motifs is 1. The lowest BCUT2D eigenvalue weighted by molar-refractivity contribution is -0.136. The van der Waals surface area contributed by atoms with Crippen LogP contribution in [0.1, 0.15) is 43.0 Å². The maximum Gasteiger partial charge on any atom is 0.307 e. The molecule has 0 aliphatic rings. The van der Waals surface area contributed by atoms with Crippen LogP contribution in [0.5, 0.6) is 0 Å². The summed E-state index contributed by atoms with van der Waals surface area (Å²) < 4.78 is 0. The van der Waals surface area contributed by atoms with E-state index < -0.39 is 5.97 Å². The summed E-state index contributed by atoms with van der Waals surface area (Å²) in [5.41, 5.74) is 4.16. The average Bonchev–Trinajstić information content (AvgIpc) is 2.64. The lowest BCUT2D eigenvalue weighted by atomic mass is 9.96. The van der Waals surface area contributed by atoms with Crippen molar-refractivity contribution in [1.29, 1.82) is 0 Å². The van der Waals surface area contributed by atoms with Crippen LogP contribution >= 0.6 is 0 Å². The number of H-pyrrole nitrogens is 1. The van der Waals surface area contributed by atoms with E-state index in [0.29, 0.717) is 5.92 Å². The van der Waals surface area contributed by atoms with Gasteiger partial charge in [0.2, 0.25) is 0 Å². The topological polar surface area (TPSA) is 53.1 Å². The van der Waals surface area contributed by atoms with Crippen molar-refractivity contribution < 1.29 is 9.90 Å². The average molecular weight is 245 g/mol. The largest absolute Gasteiger partial charge is 0.481 e. The molecule has 0 amide bonds. The van der Waals surface area contributed by atoms with Gasteiger partial charge in [-0.25, -0.2) is 0 Å². The molecule has 0 bridgehead atoms. The minimum Gasteiger partial charge on any atom is -0.481 e. The molecule has 1 unspecified atom stereocenters. The number of aryl methyl sites for hydroxylation is 1. The second-order valence-electron chi connectivity index (χ2n) is 4.91. The fourth-order valence-electron chi connectivity index (χ4n) is 2.32. The van der Waals surface area contributed by atoms with Gasteiger partial charge < -0.3 is 10.1 Å². The highest BCUT2D eigenvalue weighted by Crippen LogP contribution is 2.27. The summed E-state index contributed by atoms with van der Waals surface area (Å²) in [7, 11) is 0. The van der Waals surface area contributed by atoms with Crippen molar-refractivity contribution in [2.24, 2.45) is 0 Å². The number of hydrogen-bond donors (Lipinski definition) is 2. The summed E-state index contributed by atoms with van der Waals surface area (Å²) in [6.45, 7) is 6.29. The Kier molecular flexibility index (Phi) is 3.41. The van der Waals surface area contributed by atoms with Crippen LogP contribution in [-0.2, 0) is 11.2 Å². The third kappa shape index (κ3) is 2.26. The van der Waals surface area contributed by atoms with Crippen molar-refractivity contribution in [3.8, 4) is 0 Å². The molecule has 3 heteroatoms. The first-order valence-corrected chi connectivity index (χ1v) is 6.35. The van der Waals surface area contributed by atoms with E-state index in [1.807, 2.05) is 6.92 Å². The van der Waals surface area contributed by atoms with E-state index in [0.717, 1.165) is 28.6 Å². The molecule has 18 heavy (non-hydrogen) atoms. The van der Waals surface area contributed by atoms with Crippen LogP contribution in [0.2, 0.25) is 0 Å². The normalized spacial score (nSPS) is 12.8. The molecule has 1 atom stereocenters. The molecule has 2 rings (SSSR count). The maximum absolute atomic E-state index is 10.9. The summed E-state index contributed by atoms with van der Waals surface area (Å²) in [5.74, 6) is -0.282. The molecular formula is C15H19NO2. The van der Waals surface area contributed by atoms with E-state index in [2.05, 4.69) is 37.0 Å². The number of aliphatic carboxylic acids is 1. The number of hydrogen-bond acceptors (Lipinski definition) is 1. The van der Waals surface area contributed by atoms with E-state index in [1.165, 1.54) is 5.56 Å². The van der Waals surface area contributed by atoms with Crippen LogP contribution in [0.25, 0.3) is 10.9 Å². The van der Waals surface area contributed by atoms with Crippen LogP contribution in [0.4, 0.5) is 0 Å². The molecule has 0 aliphatic carbocycles. The van der Waals surface area contributed by atoms with Gasteiger partial charge in [0.15, 0.2) is 0 Å². The molecule has 2 N–H and O–H groups in total. The van der Waals surface area contributed by atoms with Gasteiger partial charge in [-0.15, -0.1) is 0 Å². The number of aromatic amines is 1. The van der Waals surface area contributed by atoms with E-state index >= 15 is 0 Å². The zero-order valence-corrected chi connectivity index (χ0v) is 11.1. The first kappa shape index (κ1) is 12.7. The van der Waals surface area contributed by atoms with Crippen LogP contribution in [0, 0.1) is 6.92 Å². The number of rotatable bonds is 4. The Balaban J connectivity index is 2.55. The fourth-order valence-corrected chi connectivity index (χ4v) is 2.32. The third-order valence-electron chi connectivity index (χ3n) is 3.65. The van der Waals surface area contributed by atoms with E-state index in [-0.39, 0.29) is 6.42 Å². The standard InChI is InChI=1S/C15H19NO2/c1-4-9(2)11-5-6-14-13(7-11)12(8-15(17)18)10(3)16-14/h5-7,9,16H,4,8H2,1-3H3,(H,17,18). The third-order valence-corrected chi connectivity index (χ3v) is 3.65. The molecule has 1 aromatic carbocycles. The van der Waals surface area contributed by atoms with Gasteiger partial charge in [0, 0.05) is 16.6 Å². The molecule has 0 radical (unpaired) electrons. The second kappa shape index (κ2) is 4.84. The van der Waals surface area contributed by atoms with Crippen LogP contribution in [-0.4, -0.2) is 16.1 Å². The van der Waals surface area contributed by atoms with Crippen molar-refractivity contribution in [1.82, 2.24) is 4.98 Å². The quantitative estimate of drug-likeness (QED) is 0.864. The van der Waals surface area contributed by atoms with Crippen LogP contribution in [0.3, 0.4) is 0 Å². The van der Waals surface area contributed by atoms with E-state index in [4.69, 9.17) is 5.11 Å². The molecule has 1 heterocycles. The number of benzene rings is 1. The zero-order valence-electron chi connectivity index (χ0n) is 11.1. The highest BCUT2D eigenvalue weighted by molar-refractivity contribution is 5.88. The lowest BCUT2D eigenvalue weighted by Crippen LogP contribution is -2.01. The maximum atomic E-state index is 10.9. The minimum absolute atomic E-state index is 0.0792. The Bertz CT molecular complexity index is 583. The predicted octanol–water partition coefficient (Wildman–Crippen LogP) is 3.62. The smallest absolute Gasteiger partial charge is 0.307 e. The Morgan fingerprint density at radius 2 is 2.17 bits per heavy atom. The van der Waals surface area contributed by atoms with Crippen molar-refractivity contribution in [2.75, 3.05) is 0 Å². The van der Waals surface area contributed by atoms with Crippen molar-refractivity contribution in [2.45, 2.75) is 39.5 Å². The molecule has 2 aromatic rings. The molecule has 0 spiro atoms. The molecule has 0 saturated heterocycles. The van der Waals surface area contributed by atoms with Crippen LogP contribution in [0.15, 0.2) is 18.2 Å². The van der Waals surface area contributed by atoms with E-state index in [9.17, 15) is 4.79 Å². The summed E-state index contributed by atoms with van der Waals surface area (Å²) in [6, 6.07) is 6.30. The number of aromatic nitrogens is 1. The Hall–Kier alpha value is -1.77. The monoisotopic (exact) mass is 245 g/mol. The first-order chi connectivity index (χ1) is 8.52. The molecule has 1 aromatic heterocycles. The van der Waals surface area contributed by atoms with E-state index in [1.54, 1.807) is 0 Å². The Morgan fingerprint density at radius 3 is 2.78 bits per heavy atom. The van der Waals surface area contributed by atoms with Gasteiger partial charge in [0.05, 0.1) is 6.42 Å². The second-order valence-corrected chi connectivity index (χ2v) is 4.91. The van der Waals surface area contributed by atoms with Gasteiger partial charge in [-0.3, -0.25) is 4.79 Å².